The highest BCUT2D eigenvalue weighted by molar-refractivity contribution is 5.85. The topological polar surface area (TPSA) is 63.6 Å². The van der Waals surface area contributed by atoms with Gasteiger partial charge in [-0.2, -0.15) is 0 Å². The third-order valence-corrected chi connectivity index (χ3v) is 4.23. The van der Waals surface area contributed by atoms with Crippen molar-refractivity contribution in [3.8, 4) is 0 Å². The number of carbonyl (C=O) groups is 2. The molecule has 3 fully saturated rings. The van der Waals surface area contributed by atoms with E-state index in [0.717, 1.165) is 12.8 Å². The average molecular weight is 196 g/mol. The molecule has 4 nitrogen and oxygen atoms in total. The van der Waals surface area contributed by atoms with Crippen LogP contribution in [-0.4, -0.2) is 22.6 Å². The van der Waals surface area contributed by atoms with E-state index in [4.69, 9.17) is 9.84 Å². The van der Waals surface area contributed by atoms with Crippen molar-refractivity contribution in [1.29, 1.82) is 0 Å². The first-order chi connectivity index (χ1) is 6.53. The predicted molar refractivity (Wildman–Crippen MR) is 45.3 cm³/mol. The molecule has 5 unspecified atom stereocenters. The molecule has 14 heavy (non-hydrogen) atoms. The first-order valence-corrected chi connectivity index (χ1v) is 4.98. The first-order valence-electron chi connectivity index (χ1n) is 4.98. The number of rotatable bonds is 1. The summed E-state index contributed by atoms with van der Waals surface area (Å²) >= 11 is 0. The van der Waals surface area contributed by atoms with E-state index in [9.17, 15) is 9.59 Å². The molecule has 2 aliphatic carbocycles. The summed E-state index contributed by atoms with van der Waals surface area (Å²) < 4.78 is 5.30. The van der Waals surface area contributed by atoms with Gasteiger partial charge in [0.15, 0.2) is 0 Å². The maximum Gasteiger partial charge on any atom is 0.310 e. The largest absolute Gasteiger partial charge is 0.481 e. The lowest BCUT2D eigenvalue weighted by atomic mass is 9.75. The van der Waals surface area contributed by atoms with Crippen molar-refractivity contribution in [3.05, 3.63) is 0 Å². The molecule has 0 amide bonds. The lowest BCUT2D eigenvalue weighted by Gasteiger charge is -2.28. The molecule has 0 aromatic rings. The number of esters is 1. The van der Waals surface area contributed by atoms with Gasteiger partial charge in [0.25, 0.3) is 0 Å². The quantitative estimate of drug-likeness (QED) is 0.626. The zero-order chi connectivity index (χ0) is 10.1. The fourth-order valence-electron chi connectivity index (χ4n) is 3.76. The maximum atomic E-state index is 11.5. The Morgan fingerprint density at radius 2 is 2.36 bits per heavy atom. The minimum Gasteiger partial charge on any atom is -0.481 e. The summed E-state index contributed by atoms with van der Waals surface area (Å²) in [7, 11) is 0. The molecule has 2 saturated carbocycles. The van der Waals surface area contributed by atoms with Gasteiger partial charge in [-0.05, 0) is 25.7 Å². The Morgan fingerprint density at radius 1 is 1.64 bits per heavy atom. The van der Waals surface area contributed by atoms with Gasteiger partial charge in [0, 0.05) is 5.92 Å². The van der Waals surface area contributed by atoms with Crippen molar-refractivity contribution in [3.63, 3.8) is 0 Å². The van der Waals surface area contributed by atoms with Crippen LogP contribution in [0.25, 0.3) is 0 Å². The zero-order valence-corrected chi connectivity index (χ0v) is 7.90. The van der Waals surface area contributed by atoms with Gasteiger partial charge < -0.3 is 9.84 Å². The third-order valence-electron chi connectivity index (χ3n) is 4.23. The fraction of sp³-hybridized carbons (Fsp3) is 0.800. The molecule has 1 saturated heterocycles. The number of fused-ring (bicyclic) bond motifs is 1. The molecule has 0 aromatic carbocycles. The number of ether oxygens (including phenoxy) is 1. The van der Waals surface area contributed by atoms with Crippen LogP contribution >= 0.6 is 0 Å². The molecule has 3 aliphatic rings. The Kier molecular flexibility index (Phi) is 1.25. The van der Waals surface area contributed by atoms with Gasteiger partial charge in [-0.15, -0.1) is 0 Å². The standard InChI is InChI=1S/C10H12O4/c1-10-3-4-2-5(10)7(9(13)14-10)6(4)8(11)12/h4-7H,2-3H2,1H3,(H,11,12). The predicted octanol–water partition coefficient (Wildman–Crippen LogP) is 0.659. The molecule has 0 aromatic heterocycles. The molecule has 1 N–H and O–H groups in total. The van der Waals surface area contributed by atoms with Crippen molar-refractivity contribution < 1.29 is 19.4 Å². The van der Waals surface area contributed by atoms with Crippen LogP contribution in [0.1, 0.15) is 19.8 Å². The Balaban J connectivity index is 2.05. The summed E-state index contributed by atoms with van der Waals surface area (Å²) in [6.45, 7) is 1.94. The Morgan fingerprint density at radius 3 is 3.00 bits per heavy atom. The maximum absolute atomic E-state index is 11.5. The molecule has 3 rings (SSSR count). The van der Waals surface area contributed by atoms with Crippen molar-refractivity contribution in [1.82, 2.24) is 0 Å². The van der Waals surface area contributed by atoms with Crippen molar-refractivity contribution >= 4 is 11.9 Å². The van der Waals surface area contributed by atoms with Crippen LogP contribution in [0.15, 0.2) is 0 Å². The highest BCUT2D eigenvalue weighted by atomic mass is 16.6. The number of aliphatic carboxylic acids is 1. The second-order valence-electron chi connectivity index (χ2n) is 4.93. The molecular weight excluding hydrogens is 184 g/mol. The fourth-order valence-corrected chi connectivity index (χ4v) is 3.76. The van der Waals surface area contributed by atoms with Gasteiger partial charge in [0.2, 0.25) is 0 Å². The minimum atomic E-state index is -0.830. The number of hydrogen-bond donors (Lipinski definition) is 1. The lowest BCUT2D eigenvalue weighted by Crippen LogP contribution is -2.36. The van der Waals surface area contributed by atoms with Gasteiger partial charge in [-0.1, -0.05) is 0 Å². The Hall–Kier alpha value is -1.06. The number of hydrogen-bond acceptors (Lipinski definition) is 3. The highest BCUT2D eigenvalue weighted by Gasteiger charge is 2.69. The van der Waals surface area contributed by atoms with Crippen LogP contribution in [0.2, 0.25) is 0 Å². The summed E-state index contributed by atoms with van der Waals surface area (Å²) in [5.41, 5.74) is -0.349. The van der Waals surface area contributed by atoms with Crippen LogP contribution in [0.3, 0.4) is 0 Å². The summed E-state index contributed by atoms with van der Waals surface area (Å²) in [5, 5.41) is 9.05. The van der Waals surface area contributed by atoms with Crippen LogP contribution in [0, 0.1) is 23.7 Å². The monoisotopic (exact) mass is 196 g/mol. The second kappa shape index (κ2) is 2.12. The van der Waals surface area contributed by atoms with Gasteiger partial charge in [-0.25, -0.2) is 0 Å². The molecule has 4 heteroatoms. The van der Waals surface area contributed by atoms with Crippen molar-refractivity contribution in [2.45, 2.75) is 25.4 Å². The molecule has 76 valence electrons. The molecule has 1 heterocycles. The smallest absolute Gasteiger partial charge is 0.310 e. The SMILES string of the molecule is CC12CC3CC1C(C(=O)O2)C3C(=O)O. The molecular formula is C10H12O4. The molecule has 0 spiro atoms. The van der Waals surface area contributed by atoms with E-state index in [1.54, 1.807) is 0 Å². The van der Waals surface area contributed by atoms with E-state index >= 15 is 0 Å². The molecule has 0 radical (unpaired) electrons. The van der Waals surface area contributed by atoms with Crippen LogP contribution in [-0.2, 0) is 14.3 Å². The van der Waals surface area contributed by atoms with Gasteiger partial charge >= 0.3 is 11.9 Å². The van der Waals surface area contributed by atoms with Crippen molar-refractivity contribution in [2.75, 3.05) is 0 Å². The number of carboxylic acids is 1. The molecule has 5 atom stereocenters. The van der Waals surface area contributed by atoms with Gasteiger partial charge in [0.05, 0.1) is 11.8 Å². The zero-order valence-electron chi connectivity index (χ0n) is 7.90. The summed E-state index contributed by atoms with van der Waals surface area (Å²) in [5.74, 6) is -1.66. The summed E-state index contributed by atoms with van der Waals surface area (Å²) in [6.07, 6.45) is 1.58. The Labute approximate surface area is 81.2 Å². The minimum absolute atomic E-state index is 0.152. The average Bonchev–Trinajstić information content (AvgIpc) is 2.58. The third kappa shape index (κ3) is 0.713. The normalized spacial score (nSPS) is 53.6. The van der Waals surface area contributed by atoms with E-state index < -0.39 is 11.9 Å². The van der Waals surface area contributed by atoms with E-state index in [1.165, 1.54) is 0 Å². The van der Waals surface area contributed by atoms with E-state index in [0.29, 0.717) is 0 Å². The molecule has 1 aliphatic heterocycles. The second-order valence-corrected chi connectivity index (χ2v) is 4.93. The van der Waals surface area contributed by atoms with Crippen LogP contribution in [0.4, 0.5) is 0 Å². The summed E-state index contributed by atoms with van der Waals surface area (Å²) in [6, 6.07) is 0. The number of carboxylic acid groups (broad SMARTS) is 1. The van der Waals surface area contributed by atoms with E-state index in [-0.39, 0.29) is 29.3 Å². The van der Waals surface area contributed by atoms with E-state index in [1.807, 2.05) is 6.92 Å². The Bertz CT molecular complexity index is 337. The van der Waals surface area contributed by atoms with E-state index in [2.05, 4.69) is 0 Å². The van der Waals surface area contributed by atoms with Gasteiger partial charge in [0.1, 0.15) is 5.60 Å². The lowest BCUT2D eigenvalue weighted by molar-refractivity contribution is -0.152. The van der Waals surface area contributed by atoms with Gasteiger partial charge in [-0.3, -0.25) is 9.59 Å². The van der Waals surface area contributed by atoms with Crippen LogP contribution < -0.4 is 0 Å². The first kappa shape index (κ1) is 8.26. The van der Waals surface area contributed by atoms with Crippen LogP contribution in [0.5, 0.6) is 0 Å². The van der Waals surface area contributed by atoms with Crippen molar-refractivity contribution in [2.24, 2.45) is 23.7 Å². The summed E-state index contributed by atoms with van der Waals surface area (Å²) in [4.78, 5) is 22.5. The highest BCUT2D eigenvalue weighted by Crippen LogP contribution is 2.62. The molecule has 2 bridgehead atoms. The number of carbonyl (C=O) groups excluding carboxylic acids is 1.